The predicted octanol–water partition coefficient (Wildman–Crippen LogP) is 10.4. The third-order valence-electron chi connectivity index (χ3n) is 7.55. The first-order chi connectivity index (χ1) is 23.9. The number of carbonyl (C=O) groups is 1. The minimum Gasteiger partial charge on any atom is -0.494 e. The Morgan fingerprint density at radius 1 is 0.592 bits per heavy atom. The molecule has 0 aliphatic heterocycles. The van der Waals surface area contributed by atoms with Crippen LogP contribution in [0.2, 0.25) is 0 Å². The summed E-state index contributed by atoms with van der Waals surface area (Å²) in [6.45, 7) is 5.15. The first-order valence-corrected chi connectivity index (χ1v) is 17.7. The Bertz CT molecular complexity index is 2410. The highest BCUT2D eigenvalue weighted by atomic mass is 32.1. The van der Waals surface area contributed by atoms with E-state index in [-0.39, 0.29) is 16.8 Å². The SMILES string of the molecule is CCCOC(=O)/C=C\c1ccc(Oc2ccc3c(=O)c4ccccc4sc3c2)cc1.CCCOc1ccc2c(=O)c3ccccc3sc2c1. The standard InChI is InChI=1S/C25H20O4S.C16H14O2S/c1-2-15-28-24(26)14-9-17-7-10-18(11-8-17)29-19-12-13-21-23(16-19)30-22-6-4-3-5-20(22)25(21)27;1-2-9-18-11-7-8-13-15(10-11)19-14-6-4-3-5-12(14)16(13)17/h3-14,16H,2,15H2,1H3;3-8,10H,2,9H2,1H3/b14-9-;. The van der Waals surface area contributed by atoms with Crippen LogP contribution in [0.25, 0.3) is 46.4 Å². The topological polar surface area (TPSA) is 78.9 Å². The molecule has 0 unspecified atom stereocenters. The molecule has 49 heavy (non-hydrogen) atoms. The monoisotopic (exact) mass is 686 g/mol. The first-order valence-electron chi connectivity index (χ1n) is 16.1. The van der Waals surface area contributed by atoms with Crippen molar-refractivity contribution in [2.75, 3.05) is 13.2 Å². The summed E-state index contributed by atoms with van der Waals surface area (Å²) in [6, 6.07) is 34.0. The molecule has 0 amide bonds. The van der Waals surface area contributed by atoms with Gasteiger partial charge in [-0.1, -0.05) is 50.2 Å². The molecule has 8 heteroatoms. The maximum Gasteiger partial charge on any atom is 0.330 e. The van der Waals surface area contributed by atoms with Crippen molar-refractivity contribution < 1.29 is 19.0 Å². The maximum absolute atomic E-state index is 12.7. The van der Waals surface area contributed by atoms with Gasteiger partial charge in [-0.2, -0.15) is 0 Å². The van der Waals surface area contributed by atoms with Crippen LogP contribution in [0, 0.1) is 0 Å². The molecule has 7 aromatic rings. The number of ether oxygens (including phenoxy) is 3. The van der Waals surface area contributed by atoms with Crippen molar-refractivity contribution in [3.63, 3.8) is 0 Å². The van der Waals surface area contributed by atoms with Gasteiger partial charge in [-0.3, -0.25) is 9.59 Å². The molecule has 0 saturated carbocycles. The van der Waals surface area contributed by atoms with Crippen LogP contribution in [0.5, 0.6) is 17.2 Å². The van der Waals surface area contributed by atoms with Gasteiger partial charge in [0.05, 0.1) is 13.2 Å². The molecular weight excluding hydrogens is 653 g/mol. The highest BCUT2D eigenvalue weighted by Crippen LogP contribution is 2.30. The molecule has 0 aliphatic rings. The van der Waals surface area contributed by atoms with E-state index in [4.69, 9.17) is 14.2 Å². The number of benzene rings is 5. The molecule has 2 aromatic heterocycles. The fourth-order valence-corrected chi connectivity index (χ4v) is 7.33. The normalized spacial score (nSPS) is 11.1. The lowest BCUT2D eigenvalue weighted by Crippen LogP contribution is -2.01. The molecule has 7 rings (SSSR count). The molecule has 246 valence electrons. The minimum atomic E-state index is -0.347. The van der Waals surface area contributed by atoms with Crippen molar-refractivity contribution in [3.8, 4) is 17.2 Å². The van der Waals surface area contributed by atoms with Crippen molar-refractivity contribution in [2.45, 2.75) is 26.7 Å². The highest BCUT2D eigenvalue weighted by molar-refractivity contribution is 7.25. The summed E-state index contributed by atoms with van der Waals surface area (Å²) >= 11 is 3.21. The van der Waals surface area contributed by atoms with Crippen molar-refractivity contribution in [2.24, 2.45) is 0 Å². The van der Waals surface area contributed by atoms with Gasteiger partial charge in [-0.25, -0.2) is 4.79 Å². The average molecular weight is 687 g/mol. The van der Waals surface area contributed by atoms with E-state index in [1.54, 1.807) is 28.7 Å². The van der Waals surface area contributed by atoms with E-state index in [9.17, 15) is 14.4 Å². The van der Waals surface area contributed by atoms with Gasteiger partial charge in [0.1, 0.15) is 17.2 Å². The van der Waals surface area contributed by atoms with Gasteiger partial charge in [-0.05, 0) is 97.3 Å². The van der Waals surface area contributed by atoms with Crippen LogP contribution in [0.3, 0.4) is 0 Å². The number of rotatable bonds is 9. The highest BCUT2D eigenvalue weighted by Gasteiger charge is 2.08. The lowest BCUT2D eigenvalue weighted by atomic mass is 10.2. The summed E-state index contributed by atoms with van der Waals surface area (Å²) in [5, 5.41) is 3.00. The molecule has 0 bridgehead atoms. The predicted molar refractivity (Wildman–Crippen MR) is 204 cm³/mol. The van der Waals surface area contributed by atoms with Gasteiger partial charge in [0.15, 0.2) is 10.9 Å². The van der Waals surface area contributed by atoms with E-state index in [1.165, 1.54) is 6.08 Å². The fraction of sp³-hybridized carbons (Fsp3) is 0.146. The Hall–Kier alpha value is -5.31. The number of fused-ring (bicyclic) bond motifs is 4. The van der Waals surface area contributed by atoms with Crippen LogP contribution in [-0.2, 0) is 9.53 Å². The van der Waals surface area contributed by atoms with E-state index in [2.05, 4.69) is 6.92 Å². The summed E-state index contributed by atoms with van der Waals surface area (Å²) in [6.07, 6.45) is 4.90. The third kappa shape index (κ3) is 8.05. The van der Waals surface area contributed by atoms with Crippen LogP contribution >= 0.6 is 22.7 Å². The van der Waals surface area contributed by atoms with Crippen molar-refractivity contribution in [1.82, 2.24) is 0 Å². The van der Waals surface area contributed by atoms with E-state index in [0.29, 0.717) is 30.1 Å². The smallest absolute Gasteiger partial charge is 0.330 e. The van der Waals surface area contributed by atoms with Crippen molar-refractivity contribution in [3.05, 3.63) is 141 Å². The van der Waals surface area contributed by atoms with E-state index < -0.39 is 0 Å². The molecule has 5 aromatic carbocycles. The second-order valence-corrected chi connectivity index (χ2v) is 13.4. The van der Waals surface area contributed by atoms with Crippen LogP contribution in [0.4, 0.5) is 0 Å². The number of carbonyl (C=O) groups excluding carboxylic acids is 1. The summed E-state index contributed by atoms with van der Waals surface area (Å²) in [4.78, 5) is 36.6. The average Bonchev–Trinajstić information content (AvgIpc) is 3.13. The van der Waals surface area contributed by atoms with Crippen LogP contribution < -0.4 is 20.3 Å². The summed E-state index contributed by atoms with van der Waals surface area (Å²) in [5.74, 6) is 1.83. The van der Waals surface area contributed by atoms with Gasteiger partial charge < -0.3 is 14.2 Å². The summed E-state index contributed by atoms with van der Waals surface area (Å²) < 4.78 is 20.4. The van der Waals surface area contributed by atoms with Gasteiger partial charge in [0, 0.05) is 46.4 Å². The Balaban J connectivity index is 0.000000188. The Kier molecular flexibility index (Phi) is 10.8. The molecule has 2 heterocycles. The van der Waals surface area contributed by atoms with E-state index in [0.717, 1.165) is 59.1 Å². The second-order valence-electron chi connectivity index (χ2n) is 11.2. The molecule has 0 radical (unpaired) electrons. The van der Waals surface area contributed by atoms with E-state index >= 15 is 0 Å². The quantitative estimate of drug-likeness (QED) is 0.0854. The Labute approximate surface area is 291 Å². The van der Waals surface area contributed by atoms with Gasteiger partial charge >= 0.3 is 5.97 Å². The molecule has 0 N–H and O–H groups in total. The summed E-state index contributed by atoms with van der Waals surface area (Å²) in [5.41, 5.74) is 1.02. The molecular formula is C41H34O6S2. The molecule has 0 aliphatic carbocycles. The zero-order valence-corrected chi connectivity index (χ0v) is 28.8. The number of esters is 1. The first kappa shape index (κ1) is 33.6. The van der Waals surface area contributed by atoms with Crippen LogP contribution in [-0.4, -0.2) is 19.2 Å². The Morgan fingerprint density at radius 3 is 1.69 bits per heavy atom. The van der Waals surface area contributed by atoms with Crippen LogP contribution in [0.1, 0.15) is 32.3 Å². The zero-order chi connectivity index (χ0) is 34.2. The fourth-order valence-electron chi connectivity index (χ4n) is 5.13. The van der Waals surface area contributed by atoms with Gasteiger partial charge in [0.2, 0.25) is 0 Å². The van der Waals surface area contributed by atoms with Crippen LogP contribution in [0.15, 0.2) is 125 Å². The van der Waals surface area contributed by atoms with Gasteiger partial charge in [0.25, 0.3) is 0 Å². The second kappa shape index (κ2) is 15.7. The van der Waals surface area contributed by atoms with Gasteiger partial charge in [-0.15, -0.1) is 22.7 Å². The largest absolute Gasteiger partial charge is 0.494 e. The number of hydrogen-bond acceptors (Lipinski definition) is 8. The van der Waals surface area contributed by atoms with E-state index in [1.807, 2.05) is 116 Å². The van der Waals surface area contributed by atoms with Crippen molar-refractivity contribution in [1.29, 1.82) is 0 Å². The summed E-state index contributed by atoms with van der Waals surface area (Å²) in [7, 11) is 0. The minimum absolute atomic E-state index is 0.0412. The molecule has 0 saturated heterocycles. The molecule has 0 spiro atoms. The lowest BCUT2D eigenvalue weighted by Gasteiger charge is -2.07. The maximum atomic E-state index is 12.7. The zero-order valence-electron chi connectivity index (χ0n) is 27.1. The molecule has 0 atom stereocenters. The third-order valence-corrected chi connectivity index (χ3v) is 9.81. The Morgan fingerprint density at radius 2 is 1.10 bits per heavy atom. The number of hydrogen-bond donors (Lipinski definition) is 0. The van der Waals surface area contributed by atoms with Crippen molar-refractivity contribution >= 4 is 75.1 Å². The lowest BCUT2D eigenvalue weighted by molar-refractivity contribution is -0.137. The molecule has 0 fully saturated rings. The molecule has 6 nitrogen and oxygen atoms in total.